The first-order valence-corrected chi connectivity index (χ1v) is 10.6. The number of methoxy groups -OCH3 is 1. The van der Waals surface area contributed by atoms with Crippen LogP contribution in [0.15, 0.2) is 59.2 Å². The minimum absolute atomic E-state index is 0.0274. The molecule has 0 bridgehead atoms. The normalized spacial score (nSPS) is 15.8. The van der Waals surface area contributed by atoms with Crippen molar-refractivity contribution in [2.45, 2.75) is 13.0 Å². The van der Waals surface area contributed by atoms with Crippen molar-refractivity contribution < 1.29 is 9.47 Å². The number of nitrogens with zero attached hydrogens (tertiary/aromatic N) is 3. The Bertz CT molecular complexity index is 1210. The van der Waals surface area contributed by atoms with E-state index in [-0.39, 0.29) is 6.04 Å². The van der Waals surface area contributed by atoms with Gasteiger partial charge < -0.3 is 19.4 Å². The van der Waals surface area contributed by atoms with Gasteiger partial charge in [0.2, 0.25) is 0 Å². The highest BCUT2D eigenvalue weighted by Crippen LogP contribution is 2.44. The zero-order valence-electron chi connectivity index (χ0n) is 16.7. The van der Waals surface area contributed by atoms with E-state index in [1.807, 2.05) is 49.5 Å². The number of aromatic nitrogens is 3. The molecule has 1 N–H and O–H groups in total. The Balaban J connectivity index is 1.64. The van der Waals surface area contributed by atoms with Crippen molar-refractivity contribution in [1.82, 2.24) is 15.0 Å². The number of hydrogen-bond donors (Lipinski definition) is 1. The fourth-order valence-electron chi connectivity index (χ4n) is 3.84. The van der Waals surface area contributed by atoms with Gasteiger partial charge >= 0.3 is 0 Å². The number of para-hydroxylation sites is 1. The van der Waals surface area contributed by atoms with E-state index >= 15 is 0 Å². The predicted octanol–water partition coefficient (Wildman–Crippen LogP) is 5.24. The first-order chi connectivity index (χ1) is 14.6. The lowest BCUT2D eigenvalue weighted by atomic mass is 10.1. The fraction of sp³-hybridized carbons (Fsp3) is 0.217. The second-order valence-electron chi connectivity index (χ2n) is 7.38. The number of halogens is 1. The Kier molecular flexibility index (Phi) is 4.92. The summed E-state index contributed by atoms with van der Waals surface area (Å²) in [5.74, 6) is 2.45. The molecule has 4 aromatic rings. The molecule has 0 amide bonds. The molecule has 0 saturated heterocycles. The minimum atomic E-state index is 0.0274. The van der Waals surface area contributed by atoms with Crippen molar-refractivity contribution in [1.29, 1.82) is 0 Å². The standard InChI is InChI=1S/C23H21BrN4O2/c1-14-6-9-21(25-11-14)28-16(12-29-2)13-30-22-17(4-3-5-20(22)28)23-26-18-8-7-15(24)10-19(18)27-23/h3-11,16H,12-13H2,1-2H3,(H,26,27). The van der Waals surface area contributed by atoms with E-state index in [0.717, 1.165) is 49.7 Å². The number of ether oxygens (including phenoxy) is 2. The second-order valence-corrected chi connectivity index (χ2v) is 8.30. The maximum atomic E-state index is 6.25. The van der Waals surface area contributed by atoms with Gasteiger partial charge in [0.05, 0.1) is 34.9 Å². The van der Waals surface area contributed by atoms with Gasteiger partial charge in [0.25, 0.3) is 0 Å². The first kappa shape index (κ1) is 19.1. The molecule has 3 heterocycles. The number of rotatable bonds is 4. The number of H-pyrrole nitrogens is 1. The maximum absolute atomic E-state index is 6.25. The molecule has 1 unspecified atom stereocenters. The lowest BCUT2D eigenvalue weighted by Crippen LogP contribution is -2.43. The van der Waals surface area contributed by atoms with Crippen LogP contribution in [0.25, 0.3) is 22.4 Å². The molecule has 6 nitrogen and oxygen atoms in total. The van der Waals surface area contributed by atoms with Gasteiger partial charge in [-0.25, -0.2) is 9.97 Å². The molecular formula is C23H21BrN4O2. The maximum Gasteiger partial charge on any atom is 0.154 e. The highest BCUT2D eigenvalue weighted by Gasteiger charge is 2.32. The second kappa shape index (κ2) is 7.74. The highest BCUT2D eigenvalue weighted by molar-refractivity contribution is 9.10. The minimum Gasteiger partial charge on any atom is -0.488 e. The number of aromatic amines is 1. The van der Waals surface area contributed by atoms with Crippen LogP contribution in [0.4, 0.5) is 11.5 Å². The molecule has 0 spiro atoms. The zero-order chi connectivity index (χ0) is 20.7. The number of aryl methyl sites for hydroxylation is 1. The Hall–Kier alpha value is -2.90. The third-order valence-electron chi connectivity index (χ3n) is 5.24. The summed E-state index contributed by atoms with van der Waals surface area (Å²) in [4.78, 5) is 15.1. The van der Waals surface area contributed by atoms with Gasteiger partial charge in [-0.1, -0.05) is 28.1 Å². The molecule has 7 heteroatoms. The molecule has 0 saturated carbocycles. The van der Waals surface area contributed by atoms with Crippen molar-refractivity contribution in [2.24, 2.45) is 0 Å². The Labute approximate surface area is 183 Å². The van der Waals surface area contributed by atoms with Crippen LogP contribution in [0.5, 0.6) is 5.75 Å². The lowest BCUT2D eigenvalue weighted by Gasteiger charge is -2.38. The summed E-state index contributed by atoms with van der Waals surface area (Å²) in [6, 6.07) is 16.3. The molecule has 2 aromatic carbocycles. The first-order valence-electron chi connectivity index (χ1n) is 9.76. The molecule has 2 aromatic heterocycles. The summed E-state index contributed by atoms with van der Waals surface area (Å²) in [5, 5.41) is 0. The van der Waals surface area contributed by atoms with Crippen LogP contribution >= 0.6 is 15.9 Å². The number of hydrogen-bond acceptors (Lipinski definition) is 5. The van der Waals surface area contributed by atoms with Gasteiger partial charge in [0, 0.05) is 17.8 Å². The molecule has 1 aliphatic heterocycles. The van der Waals surface area contributed by atoms with Crippen LogP contribution < -0.4 is 9.64 Å². The summed E-state index contributed by atoms with van der Waals surface area (Å²) in [5.41, 5.74) is 4.89. The topological polar surface area (TPSA) is 63.3 Å². The molecule has 152 valence electrons. The van der Waals surface area contributed by atoms with E-state index < -0.39 is 0 Å². The monoisotopic (exact) mass is 464 g/mol. The summed E-state index contributed by atoms with van der Waals surface area (Å²) < 4.78 is 12.7. The molecule has 0 radical (unpaired) electrons. The van der Waals surface area contributed by atoms with Crippen molar-refractivity contribution in [3.8, 4) is 17.1 Å². The van der Waals surface area contributed by atoms with Crippen LogP contribution in [-0.2, 0) is 4.74 Å². The molecule has 0 fully saturated rings. The summed E-state index contributed by atoms with van der Waals surface area (Å²) >= 11 is 3.52. The van der Waals surface area contributed by atoms with Crippen LogP contribution in [0, 0.1) is 6.92 Å². The fourth-order valence-corrected chi connectivity index (χ4v) is 4.20. The molecular weight excluding hydrogens is 444 g/mol. The molecule has 0 aliphatic carbocycles. The molecule has 30 heavy (non-hydrogen) atoms. The molecule has 5 rings (SSSR count). The average Bonchev–Trinajstić information content (AvgIpc) is 3.17. The SMILES string of the molecule is COCC1COc2c(-c3nc4ccc(Br)cc4[nH]3)cccc2N1c1ccc(C)cn1. The van der Waals surface area contributed by atoms with E-state index in [1.54, 1.807) is 7.11 Å². The Morgan fingerprint density at radius 2 is 2.13 bits per heavy atom. The third kappa shape index (κ3) is 3.34. The van der Waals surface area contributed by atoms with E-state index in [0.29, 0.717) is 13.2 Å². The van der Waals surface area contributed by atoms with Crippen molar-refractivity contribution in [2.75, 3.05) is 25.2 Å². The Morgan fingerprint density at radius 3 is 2.93 bits per heavy atom. The highest BCUT2D eigenvalue weighted by atomic mass is 79.9. The van der Waals surface area contributed by atoms with E-state index in [2.05, 4.69) is 42.9 Å². The van der Waals surface area contributed by atoms with Crippen molar-refractivity contribution in [3.05, 3.63) is 64.8 Å². The molecule has 1 aliphatic rings. The van der Waals surface area contributed by atoms with Crippen molar-refractivity contribution in [3.63, 3.8) is 0 Å². The number of pyridine rings is 1. The lowest BCUT2D eigenvalue weighted by molar-refractivity contribution is 0.146. The molecule has 1 atom stereocenters. The number of anilines is 2. The van der Waals surface area contributed by atoms with Crippen LogP contribution in [0.2, 0.25) is 0 Å². The predicted molar refractivity (Wildman–Crippen MR) is 122 cm³/mol. The number of imidazole rings is 1. The van der Waals surface area contributed by atoms with Gasteiger partial charge in [-0.2, -0.15) is 0 Å². The number of nitrogens with one attached hydrogen (secondary N) is 1. The van der Waals surface area contributed by atoms with Gasteiger partial charge in [0.1, 0.15) is 18.2 Å². The summed E-state index contributed by atoms with van der Waals surface area (Å²) in [6.45, 7) is 3.08. The van der Waals surface area contributed by atoms with E-state index in [9.17, 15) is 0 Å². The van der Waals surface area contributed by atoms with Gasteiger partial charge in [-0.15, -0.1) is 0 Å². The number of benzene rings is 2. The van der Waals surface area contributed by atoms with E-state index in [1.165, 1.54) is 0 Å². The third-order valence-corrected chi connectivity index (χ3v) is 5.73. The van der Waals surface area contributed by atoms with Crippen molar-refractivity contribution >= 4 is 38.5 Å². The van der Waals surface area contributed by atoms with Crippen LogP contribution in [0.3, 0.4) is 0 Å². The smallest absolute Gasteiger partial charge is 0.154 e. The summed E-state index contributed by atoms with van der Waals surface area (Å²) in [6.07, 6.45) is 1.88. The van der Waals surface area contributed by atoms with Crippen LogP contribution in [0.1, 0.15) is 5.56 Å². The van der Waals surface area contributed by atoms with Gasteiger partial charge in [-0.05, 0) is 48.9 Å². The largest absolute Gasteiger partial charge is 0.488 e. The quantitative estimate of drug-likeness (QED) is 0.447. The van der Waals surface area contributed by atoms with Crippen LogP contribution in [-0.4, -0.2) is 41.3 Å². The van der Waals surface area contributed by atoms with E-state index in [4.69, 9.17) is 14.5 Å². The van der Waals surface area contributed by atoms with Gasteiger partial charge in [-0.3, -0.25) is 0 Å². The summed E-state index contributed by atoms with van der Waals surface area (Å²) in [7, 11) is 1.71. The van der Waals surface area contributed by atoms with Gasteiger partial charge in [0.15, 0.2) is 5.75 Å². The zero-order valence-corrected chi connectivity index (χ0v) is 18.3. The average molecular weight is 465 g/mol. The Morgan fingerprint density at radius 1 is 1.23 bits per heavy atom. The number of fused-ring (bicyclic) bond motifs is 2.